The second-order valence-electron chi connectivity index (χ2n) is 9.01. The molecule has 1 aromatic carbocycles. The van der Waals surface area contributed by atoms with Gasteiger partial charge in [0.05, 0.1) is 11.0 Å². The minimum Gasteiger partial charge on any atom is -0.341 e. The maximum absolute atomic E-state index is 13.5. The lowest BCUT2D eigenvalue weighted by Gasteiger charge is -2.43. The quantitative estimate of drug-likeness (QED) is 0.532. The Bertz CT molecular complexity index is 810. The summed E-state index contributed by atoms with van der Waals surface area (Å²) in [6.07, 6.45) is 7.99. The van der Waals surface area contributed by atoms with Gasteiger partial charge in [-0.25, -0.2) is 0 Å². The number of carbonyl (C=O) groups is 2. The van der Waals surface area contributed by atoms with Crippen LogP contribution in [0, 0.1) is 16.0 Å². The maximum Gasteiger partial charge on any atom is 0.270 e. The molecule has 2 saturated heterocycles. The largest absolute Gasteiger partial charge is 0.341 e. The van der Waals surface area contributed by atoms with Gasteiger partial charge in [0.1, 0.15) is 0 Å². The Morgan fingerprint density at radius 3 is 2.23 bits per heavy atom. The van der Waals surface area contributed by atoms with E-state index in [-0.39, 0.29) is 23.5 Å². The fourth-order valence-corrected chi connectivity index (χ4v) is 5.37. The SMILES string of the molecule is O=C(c1cccc([N+](=O)[O-])c1)N1CCN([C@H](C(=O)N2CCCCC2)C2CCCC2)CC1. The fraction of sp³-hybridized carbons (Fsp3) is 0.652. The average molecular weight is 429 g/mol. The summed E-state index contributed by atoms with van der Waals surface area (Å²) >= 11 is 0. The highest BCUT2D eigenvalue weighted by Gasteiger charge is 2.39. The van der Waals surface area contributed by atoms with Crippen LogP contribution in [0.5, 0.6) is 0 Å². The Morgan fingerprint density at radius 2 is 1.58 bits per heavy atom. The van der Waals surface area contributed by atoms with Crippen LogP contribution in [-0.4, -0.2) is 76.7 Å². The van der Waals surface area contributed by atoms with Crippen LogP contribution >= 0.6 is 0 Å². The molecule has 1 atom stereocenters. The number of non-ortho nitro benzene ring substituents is 1. The Labute approximate surface area is 183 Å². The lowest BCUT2D eigenvalue weighted by atomic mass is 9.93. The number of nitrogens with zero attached hydrogens (tertiary/aromatic N) is 4. The number of likely N-dealkylation sites (tertiary alicyclic amines) is 1. The molecule has 0 aromatic heterocycles. The summed E-state index contributed by atoms with van der Waals surface area (Å²) in [6, 6.07) is 5.84. The number of amides is 2. The molecule has 1 saturated carbocycles. The molecule has 3 aliphatic rings. The minimum absolute atomic E-state index is 0.0714. The standard InChI is InChI=1S/C23H32N4O4/c28-22(19-9-6-10-20(17-19)27(30)31)26-15-13-24(14-16-26)21(18-7-2-3-8-18)23(29)25-11-4-1-5-12-25/h6,9-10,17-18,21H,1-5,7-8,11-16H2/t21-/m0/s1. The monoisotopic (exact) mass is 428 g/mol. The number of rotatable bonds is 5. The van der Waals surface area contributed by atoms with Crippen molar-refractivity contribution in [3.05, 3.63) is 39.9 Å². The van der Waals surface area contributed by atoms with Crippen molar-refractivity contribution in [3.8, 4) is 0 Å². The topological polar surface area (TPSA) is 87.0 Å². The fourth-order valence-electron chi connectivity index (χ4n) is 5.37. The lowest BCUT2D eigenvalue weighted by molar-refractivity contribution is -0.384. The number of piperazine rings is 1. The molecule has 4 rings (SSSR count). The summed E-state index contributed by atoms with van der Waals surface area (Å²) in [5, 5.41) is 11.0. The van der Waals surface area contributed by atoms with Crippen molar-refractivity contribution in [1.29, 1.82) is 0 Å². The number of piperidine rings is 1. The van der Waals surface area contributed by atoms with Crippen molar-refractivity contribution < 1.29 is 14.5 Å². The van der Waals surface area contributed by atoms with Gasteiger partial charge in [-0.05, 0) is 44.1 Å². The maximum atomic E-state index is 13.5. The van der Waals surface area contributed by atoms with E-state index in [1.165, 1.54) is 31.4 Å². The van der Waals surface area contributed by atoms with Crippen molar-refractivity contribution in [2.45, 2.75) is 51.0 Å². The van der Waals surface area contributed by atoms with Crippen LogP contribution in [0.1, 0.15) is 55.3 Å². The zero-order valence-electron chi connectivity index (χ0n) is 18.1. The molecule has 2 aliphatic heterocycles. The number of nitro benzene ring substituents is 1. The summed E-state index contributed by atoms with van der Waals surface area (Å²) in [5.41, 5.74) is 0.275. The molecule has 1 aromatic rings. The Morgan fingerprint density at radius 1 is 0.903 bits per heavy atom. The van der Waals surface area contributed by atoms with E-state index < -0.39 is 4.92 Å². The molecule has 1 aliphatic carbocycles. The van der Waals surface area contributed by atoms with Gasteiger partial charge >= 0.3 is 0 Å². The molecular weight excluding hydrogens is 396 g/mol. The van der Waals surface area contributed by atoms with E-state index in [0.717, 1.165) is 38.8 Å². The van der Waals surface area contributed by atoms with Gasteiger partial charge in [-0.3, -0.25) is 24.6 Å². The van der Waals surface area contributed by atoms with Gasteiger partial charge < -0.3 is 9.80 Å². The van der Waals surface area contributed by atoms with Crippen molar-refractivity contribution in [3.63, 3.8) is 0 Å². The first-order valence-corrected chi connectivity index (χ1v) is 11.6. The van der Waals surface area contributed by atoms with Gasteiger partial charge in [0, 0.05) is 57.0 Å². The third-order valence-corrected chi connectivity index (χ3v) is 7.07. The van der Waals surface area contributed by atoms with E-state index in [2.05, 4.69) is 9.80 Å². The molecule has 0 radical (unpaired) electrons. The van der Waals surface area contributed by atoms with Gasteiger partial charge in [0.25, 0.3) is 11.6 Å². The molecule has 8 nitrogen and oxygen atoms in total. The predicted octanol–water partition coefficient (Wildman–Crippen LogP) is 2.92. The molecule has 2 heterocycles. The molecule has 2 amide bonds. The molecule has 31 heavy (non-hydrogen) atoms. The number of nitro groups is 1. The van der Waals surface area contributed by atoms with Crippen molar-refractivity contribution in [1.82, 2.24) is 14.7 Å². The lowest BCUT2D eigenvalue weighted by Crippen LogP contribution is -2.59. The Balaban J connectivity index is 1.42. The molecule has 8 heteroatoms. The van der Waals surface area contributed by atoms with E-state index in [0.29, 0.717) is 37.7 Å². The van der Waals surface area contributed by atoms with Crippen LogP contribution in [0.2, 0.25) is 0 Å². The smallest absolute Gasteiger partial charge is 0.270 e. The second kappa shape index (κ2) is 9.77. The van der Waals surface area contributed by atoms with Crippen molar-refractivity contribution in [2.24, 2.45) is 5.92 Å². The van der Waals surface area contributed by atoms with Gasteiger partial charge in [0.2, 0.25) is 5.91 Å². The van der Waals surface area contributed by atoms with Crippen LogP contribution in [0.4, 0.5) is 5.69 Å². The molecule has 0 bridgehead atoms. The first-order chi connectivity index (χ1) is 15.0. The van der Waals surface area contributed by atoms with E-state index in [1.807, 2.05) is 0 Å². The normalized spacial score (nSPS) is 21.8. The van der Waals surface area contributed by atoms with Crippen LogP contribution in [0.15, 0.2) is 24.3 Å². The first-order valence-electron chi connectivity index (χ1n) is 11.6. The summed E-state index contributed by atoms with van der Waals surface area (Å²) in [4.78, 5) is 43.0. The first kappa shape index (κ1) is 21.7. The van der Waals surface area contributed by atoms with E-state index in [9.17, 15) is 19.7 Å². The molecular formula is C23H32N4O4. The van der Waals surface area contributed by atoms with Gasteiger partial charge in [-0.1, -0.05) is 18.9 Å². The van der Waals surface area contributed by atoms with E-state index in [4.69, 9.17) is 0 Å². The zero-order chi connectivity index (χ0) is 21.8. The second-order valence-corrected chi connectivity index (χ2v) is 9.01. The van der Waals surface area contributed by atoms with E-state index in [1.54, 1.807) is 17.0 Å². The number of hydrogen-bond donors (Lipinski definition) is 0. The van der Waals surface area contributed by atoms with E-state index >= 15 is 0 Å². The average Bonchev–Trinajstić information content (AvgIpc) is 3.34. The summed E-state index contributed by atoms with van der Waals surface area (Å²) in [7, 11) is 0. The van der Waals surface area contributed by atoms with Crippen molar-refractivity contribution >= 4 is 17.5 Å². The summed E-state index contributed by atoms with van der Waals surface area (Å²) in [5.74, 6) is 0.515. The summed E-state index contributed by atoms with van der Waals surface area (Å²) in [6.45, 7) is 4.15. The molecule has 0 spiro atoms. The number of carbonyl (C=O) groups excluding carboxylic acids is 2. The summed E-state index contributed by atoms with van der Waals surface area (Å²) < 4.78 is 0. The van der Waals surface area contributed by atoms with Crippen LogP contribution in [0.3, 0.4) is 0 Å². The van der Waals surface area contributed by atoms with Gasteiger partial charge in [-0.15, -0.1) is 0 Å². The predicted molar refractivity (Wildman–Crippen MR) is 117 cm³/mol. The van der Waals surface area contributed by atoms with Crippen LogP contribution in [0.25, 0.3) is 0 Å². The highest BCUT2D eigenvalue weighted by molar-refractivity contribution is 5.95. The highest BCUT2D eigenvalue weighted by atomic mass is 16.6. The third kappa shape index (κ3) is 4.89. The molecule has 0 unspecified atom stereocenters. The van der Waals surface area contributed by atoms with Crippen LogP contribution in [-0.2, 0) is 4.79 Å². The number of benzene rings is 1. The molecule has 3 fully saturated rings. The third-order valence-electron chi connectivity index (χ3n) is 7.07. The Hall–Kier alpha value is -2.48. The van der Waals surface area contributed by atoms with Crippen LogP contribution < -0.4 is 0 Å². The van der Waals surface area contributed by atoms with Gasteiger partial charge in [0.15, 0.2) is 0 Å². The van der Waals surface area contributed by atoms with Crippen molar-refractivity contribution in [2.75, 3.05) is 39.3 Å². The molecule has 168 valence electrons. The zero-order valence-corrected chi connectivity index (χ0v) is 18.1. The Kier molecular flexibility index (Phi) is 6.85. The molecule has 0 N–H and O–H groups in total. The number of hydrogen-bond acceptors (Lipinski definition) is 5. The van der Waals surface area contributed by atoms with Gasteiger partial charge in [-0.2, -0.15) is 0 Å². The highest BCUT2D eigenvalue weighted by Crippen LogP contribution is 2.32. The minimum atomic E-state index is -0.479.